The number of amides is 1. The third-order valence-corrected chi connectivity index (χ3v) is 6.86. The molecule has 3 rings (SSSR count). The van der Waals surface area contributed by atoms with Gasteiger partial charge in [0.15, 0.2) is 15.6 Å². The molecule has 0 spiro atoms. The summed E-state index contributed by atoms with van der Waals surface area (Å²) in [5.74, 6) is -0.704. The Bertz CT molecular complexity index is 1090. The van der Waals surface area contributed by atoms with Gasteiger partial charge in [-0.25, -0.2) is 8.42 Å². The van der Waals surface area contributed by atoms with Crippen LogP contribution in [-0.4, -0.2) is 32.3 Å². The third-order valence-electron chi connectivity index (χ3n) is 5.18. The largest absolute Gasteiger partial charge is 0.459 e. The van der Waals surface area contributed by atoms with Crippen LogP contribution in [-0.2, 0) is 28.7 Å². The van der Waals surface area contributed by atoms with Crippen LogP contribution in [0.1, 0.15) is 41.1 Å². The fourth-order valence-corrected chi connectivity index (χ4v) is 4.67. The molecule has 6 nitrogen and oxygen atoms in total. The lowest BCUT2D eigenvalue weighted by atomic mass is 10.1. The van der Waals surface area contributed by atoms with Crippen LogP contribution < -0.4 is 5.32 Å². The maximum Gasteiger partial charge on any atom is 0.287 e. The number of rotatable bonds is 10. The number of nitrogens with zero attached hydrogens (tertiary/aromatic N) is 1. The Hall–Kier alpha value is -2.90. The van der Waals surface area contributed by atoms with Crippen molar-refractivity contribution in [3.8, 4) is 0 Å². The number of hydrogen-bond donors (Lipinski definition) is 1. The summed E-state index contributed by atoms with van der Waals surface area (Å²) in [6.07, 6.45) is 1.34. The summed E-state index contributed by atoms with van der Waals surface area (Å²) in [4.78, 5) is 15.2. The molecule has 0 bridgehead atoms. The van der Waals surface area contributed by atoms with Crippen molar-refractivity contribution in [3.63, 3.8) is 0 Å². The van der Waals surface area contributed by atoms with Crippen LogP contribution in [0.25, 0.3) is 0 Å². The van der Waals surface area contributed by atoms with E-state index in [1.807, 2.05) is 12.1 Å². The molecule has 1 heterocycles. The second-order valence-corrected chi connectivity index (χ2v) is 9.30. The maximum absolute atomic E-state index is 12.6. The molecule has 0 atom stereocenters. The second-order valence-electron chi connectivity index (χ2n) is 7.31. The topological polar surface area (TPSA) is 79.6 Å². The minimum Gasteiger partial charge on any atom is -0.459 e. The zero-order valence-electron chi connectivity index (χ0n) is 17.9. The van der Waals surface area contributed by atoms with Crippen LogP contribution in [0.2, 0.25) is 0 Å². The molecule has 2 aromatic carbocycles. The molecule has 1 amide bonds. The Morgan fingerprint density at radius 3 is 2.23 bits per heavy atom. The van der Waals surface area contributed by atoms with Crippen LogP contribution in [0, 0.1) is 0 Å². The second kappa shape index (κ2) is 10.4. The summed E-state index contributed by atoms with van der Waals surface area (Å²) in [7, 11) is -3.57. The summed E-state index contributed by atoms with van der Waals surface area (Å²) in [6.45, 7) is 7.50. The first-order valence-corrected chi connectivity index (χ1v) is 12.0. The smallest absolute Gasteiger partial charge is 0.287 e. The molecule has 0 unspecified atom stereocenters. The van der Waals surface area contributed by atoms with Crippen molar-refractivity contribution in [2.24, 2.45) is 0 Å². The average Bonchev–Trinajstić information content (AvgIpc) is 3.24. The molecule has 164 valence electrons. The van der Waals surface area contributed by atoms with E-state index in [2.05, 4.69) is 36.2 Å². The van der Waals surface area contributed by atoms with E-state index in [4.69, 9.17) is 4.42 Å². The molecule has 7 heteroatoms. The fraction of sp³-hybridized carbons (Fsp3) is 0.292. The van der Waals surface area contributed by atoms with Gasteiger partial charge in [-0.3, -0.25) is 9.69 Å². The van der Waals surface area contributed by atoms with Crippen molar-refractivity contribution in [2.45, 2.75) is 37.6 Å². The van der Waals surface area contributed by atoms with Gasteiger partial charge in [-0.1, -0.05) is 56.3 Å². The standard InChI is InChI=1S/C24H28N2O4S/c1-3-26(4-2)17-20-12-10-19(11-13-20)16-25-24(27)23-21(14-15-30-23)18-31(28,29)22-8-6-5-7-9-22/h5-15H,3-4,16-18H2,1-2H3,(H,25,27). The number of carbonyl (C=O) groups is 1. The molecule has 1 N–H and O–H groups in total. The Kier molecular flexibility index (Phi) is 7.65. The van der Waals surface area contributed by atoms with Crippen molar-refractivity contribution in [2.75, 3.05) is 13.1 Å². The normalized spacial score (nSPS) is 11.6. The SMILES string of the molecule is CCN(CC)Cc1ccc(CNC(=O)c2occc2CS(=O)(=O)c2ccccc2)cc1. The van der Waals surface area contributed by atoms with E-state index in [1.54, 1.807) is 30.3 Å². The van der Waals surface area contributed by atoms with E-state index in [9.17, 15) is 13.2 Å². The van der Waals surface area contributed by atoms with Gasteiger partial charge in [0, 0.05) is 18.7 Å². The maximum atomic E-state index is 12.6. The van der Waals surface area contributed by atoms with Crippen LogP contribution in [0.15, 0.2) is 76.2 Å². The number of sulfone groups is 1. The van der Waals surface area contributed by atoms with Crippen molar-refractivity contribution in [1.82, 2.24) is 10.2 Å². The van der Waals surface area contributed by atoms with Gasteiger partial charge in [0.2, 0.25) is 0 Å². The molecule has 31 heavy (non-hydrogen) atoms. The first-order chi connectivity index (χ1) is 14.9. The fourth-order valence-electron chi connectivity index (χ4n) is 3.30. The molecule has 0 fully saturated rings. The number of benzene rings is 2. The van der Waals surface area contributed by atoms with E-state index in [1.165, 1.54) is 17.9 Å². The van der Waals surface area contributed by atoms with Crippen LogP contribution in [0.3, 0.4) is 0 Å². The summed E-state index contributed by atoms with van der Waals surface area (Å²) < 4.78 is 30.6. The van der Waals surface area contributed by atoms with Crippen LogP contribution in [0.4, 0.5) is 0 Å². The van der Waals surface area contributed by atoms with E-state index in [0.29, 0.717) is 12.1 Å². The molecule has 1 aromatic heterocycles. The van der Waals surface area contributed by atoms with Crippen LogP contribution in [0.5, 0.6) is 0 Å². The van der Waals surface area contributed by atoms with Gasteiger partial charge < -0.3 is 9.73 Å². The Morgan fingerprint density at radius 1 is 0.935 bits per heavy atom. The summed E-state index contributed by atoms with van der Waals surface area (Å²) in [6, 6.07) is 17.8. The van der Waals surface area contributed by atoms with E-state index < -0.39 is 15.7 Å². The van der Waals surface area contributed by atoms with Crippen molar-refractivity contribution in [1.29, 1.82) is 0 Å². The van der Waals surface area contributed by atoms with Crippen molar-refractivity contribution < 1.29 is 17.6 Å². The van der Waals surface area contributed by atoms with Gasteiger partial charge in [-0.2, -0.15) is 0 Å². The monoisotopic (exact) mass is 440 g/mol. The highest BCUT2D eigenvalue weighted by molar-refractivity contribution is 7.90. The van der Waals surface area contributed by atoms with E-state index in [-0.39, 0.29) is 16.4 Å². The molecule has 0 aliphatic heterocycles. The Labute approximate surface area is 183 Å². The highest BCUT2D eigenvalue weighted by atomic mass is 32.2. The Balaban J connectivity index is 1.62. The molecule has 0 saturated heterocycles. The number of hydrogen-bond acceptors (Lipinski definition) is 5. The summed E-state index contributed by atoms with van der Waals surface area (Å²) >= 11 is 0. The molecular weight excluding hydrogens is 412 g/mol. The molecule has 0 saturated carbocycles. The van der Waals surface area contributed by atoms with E-state index >= 15 is 0 Å². The van der Waals surface area contributed by atoms with E-state index in [0.717, 1.165) is 25.2 Å². The Morgan fingerprint density at radius 2 is 1.58 bits per heavy atom. The summed E-state index contributed by atoms with van der Waals surface area (Å²) in [5, 5.41) is 2.81. The highest BCUT2D eigenvalue weighted by Crippen LogP contribution is 2.20. The third kappa shape index (κ3) is 6.06. The predicted octanol–water partition coefficient (Wildman–Crippen LogP) is 4.03. The zero-order valence-corrected chi connectivity index (χ0v) is 18.7. The zero-order chi connectivity index (χ0) is 22.3. The van der Waals surface area contributed by atoms with Gasteiger partial charge in [-0.15, -0.1) is 0 Å². The molecule has 3 aromatic rings. The first-order valence-electron chi connectivity index (χ1n) is 10.4. The van der Waals surface area contributed by atoms with Crippen molar-refractivity contribution in [3.05, 3.63) is 89.4 Å². The van der Waals surface area contributed by atoms with Gasteiger partial charge in [-0.05, 0) is 42.4 Å². The predicted molar refractivity (Wildman–Crippen MR) is 120 cm³/mol. The molecule has 0 aliphatic carbocycles. The highest BCUT2D eigenvalue weighted by Gasteiger charge is 2.22. The minimum atomic E-state index is -3.57. The molecule has 0 radical (unpaired) electrons. The number of nitrogens with one attached hydrogen (secondary N) is 1. The molecular formula is C24H28N2O4S. The first kappa shape index (κ1) is 22.8. The lowest BCUT2D eigenvalue weighted by molar-refractivity contribution is 0.0922. The van der Waals surface area contributed by atoms with Gasteiger partial charge >= 0.3 is 0 Å². The quantitative estimate of drug-likeness (QED) is 0.515. The van der Waals surface area contributed by atoms with Crippen molar-refractivity contribution >= 4 is 15.7 Å². The number of furan rings is 1. The van der Waals surface area contributed by atoms with Gasteiger partial charge in [0.05, 0.1) is 16.9 Å². The van der Waals surface area contributed by atoms with Gasteiger partial charge in [0.1, 0.15) is 0 Å². The van der Waals surface area contributed by atoms with Gasteiger partial charge in [0.25, 0.3) is 5.91 Å². The number of carbonyl (C=O) groups excluding carboxylic acids is 1. The molecule has 0 aliphatic rings. The lowest BCUT2D eigenvalue weighted by Crippen LogP contribution is -2.24. The lowest BCUT2D eigenvalue weighted by Gasteiger charge is -2.18. The van der Waals surface area contributed by atoms with Crippen LogP contribution >= 0.6 is 0 Å². The summed E-state index contributed by atoms with van der Waals surface area (Å²) in [5.41, 5.74) is 2.52. The minimum absolute atomic E-state index is 0.0256. The average molecular weight is 441 g/mol.